The Kier molecular flexibility index (Phi) is 5.64. The van der Waals surface area contributed by atoms with Crippen LogP contribution in [-0.2, 0) is 19.9 Å². The van der Waals surface area contributed by atoms with Gasteiger partial charge >= 0.3 is 0 Å². The predicted molar refractivity (Wildman–Crippen MR) is 84.9 cm³/mol. The molecule has 1 N–H and O–H groups in total. The highest BCUT2D eigenvalue weighted by atomic mass is 15.3. The molecule has 1 saturated carbocycles. The van der Waals surface area contributed by atoms with Crippen LogP contribution in [0.4, 0.5) is 0 Å². The van der Waals surface area contributed by atoms with Crippen LogP contribution in [0, 0.1) is 11.8 Å². The van der Waals surface area contributed by atoms with Crippen molar-refractivity contribution >= 4 is 0 Å². The first-order chi connectivity index (χ1) is 9.63. The summed E-state index contributed by atoms with van der Waals surface area (Å²) in [6, 6.07) is 3.00. The van der Waals surface area contributed by atoms with Crippen molar-refractivity contribution in [1.82, 2.24) is 15.1 Å². The third-order valence-corrected chi connectivity index (χ3v) is 4.76. The van der Waals surface area contributed by atoms with Crippen LogP contribution in [0.25, 0.3) is 0 Å². The van der Waals surface area contributed by atoms with Crippen LogP contribution in [0.2, 0.25) is 0 Å². The van der Waals surface area contributed by atoms with E-state index in [1.807, 2.05) is 0 Å². The predicted octanol–water partition coefficient (Wildman–Crippen LogP) is 3.33. The second-order valence-electron chi connectivity index (χ2n) is 6.55. The maximum absolute atomic E-state index is 4.60. The fourth-order valence-electron chi connectivity index (χ4n) is 3.53. The molecule has 1 aromatic rings. The van der Waals surface area contributed by atoms with E-state index in [0.29, 0.717) is 6.04 Å². The van der Waals surface area contributed by atoms with Crippen LogP contribution in [0.3, 0.4) is 0 Å². The van der Waals surface area contributed by atoms with E-state index in [4.69, 9.17) is 0 Å². The summed E-state index contributed by atoms with van der Waals surface area (Å²) < 4.78 is 2.09. The summed E-state index contributed by atoms with van der Waals surface area (Å²) >= 11 is 0. The fraction of sp³-hybridized carbons (Fsp3) is 0.824. The number of hydrogen-bond acceptors (Lipinski definition) is 2. The van der Waals surface area contributed by atoms with Gasteiger partial charge in [0.25, 0.3) is 0 Å². The molecule has 3 unspecified atom stereocenters. The van der Waals surface area contributed by atoms with Crippen LogP contribution < -0.4 is 5.32 Å². The largest absolute Gasteiger partial charge is 0.314 e. The minimum absolute atomic E-state index is 0.700. The zero-order valence-electron chi connectivity index (χ0n) is 13.7. The van der Waals surface area contributed by atoms with Crippen LogP contribution in [0.1, 0.15) is 57.8 Å². The lowest BCUT2D eigenvalue weighted by atomic mass is 9.76. The van der Waals surface area contributed by atoms with Crippen molar-refractivity contribution in [2.75, 3.05) is 6.54 Å². The Morgan fingerprint density at radius 1 is 1.35 bits per heavy atom. The molecule has 1 aromatic heterocycles. The summed E-state index contributed by atoms with van der Waals surface area (Å²) in [4.78, 5) is 0. The molecule has 1 aliphatic rings. The quantitative estimate of drug-likeness (QED) is 0.864. The van der Waals surface area contributed by atoms with Gasteiger partial charge in [-0.05, 0) is 63.0 Å². The van der Waals surface area contributed by atoms with E-state index in [0.717, 1.165) is 24.8 Å². The van der Waals surface area contributed by atoms with E-state index in [9.17, 15) is 0 Å². The monoisotopic (exact) mass is 277 g/mol. The summed E-state index contributed by atoms with van der Waals surface area (Å²) in [5.74, 6) is 1.64. The minimum atomic E-state index is 0.700. The van der Waals surface area contributed by atoms with Gasteiger partial charge in [0.1, 0.15) is 0 Å². The van der Waals surface area contributed by atoms with Gasteiger partial charge in [-0.2, -0.15) is 5.10 Å². The van der Waals surface area contributed by atoms with Gasteiger partial charge in [-0.25, -0.2) is 0 Å². The maximum atomic E-state index is 4.60. The molecule has 0 bridgehead atoms. The van der Waals surface area contributed by atoms with E-state index >= 15 is 0 Å². The third kappa shape index (κ3) is 3.85. The zero-order valence-corrected chi connectivity index (χ0v) is 13.7. The van der Waals surface area contributed by atoms with E-state index in [-0.39, 0.29) is 0 Å². The minimum Gasteiger partial charge on any atom is -0.314 e. The molecule has 3 nitrogen and oxygen atoms in total. The normalized spacial score (nSPS) is 26.9. The summed E-state index contributed by atoms with van der Waals surface area (Å²) in [5, 5.41) is 8.37. The van der Waals surface area contributed by atoms with Gasteiger partial charge < -0.3 is 5.32 Å². The van der Waals surface area contributed by atoms with Crippen molar-refractivity contribution in [2.24, 2.45) is 18.9 Å². The van der Waals surface area contributed by atoms with Crippen molar-refractivity contribution in [1.29, 1.82) is 0 Å². The summed E-state index contributed by atoms with van der Waals surface area (Å²) in [6.45, 7) is 7.99. The van der Waals surface area contributed by atoms with Gasteiger partial charge in [0.2, 0.25) is 0 Å². The Bertz CT molecular complexity index is 408. The highest BCUT2D eigenvalue weighted by Crippen LogP contribution is 2.31. The molecule has 0 spiro atoms. The average molecular weight is 277 g/mol. The molecule has 0 saturated heterocycles. The fourth-order valence-corrected chi connectivity index (χ4v) is 3.53. The van der Waals surface area contributed by atoms with Gasteiger partial charge in [0, 0.05) is 18.8 Å². The third-order valence-electron chi connectivity index (χ3n) is 4.76. The lowest BCUT2D eigenvalue weighted by Gasteiger charge is -2.35. The number of aromatic nitrogens is 2. The molecule has 1 heterocycles. The molecule has 0 amide bonds. The second kappa shape index (κ2) is 7.26. The Hall–Kier alpha value is -0.830. The molecule has 3 atom stereocenters. The van der Waals surface area contributed by atoms with Crippen molar-refractivity contribution in [3.8, 4) is 0 Å². The molecule has 20 heavy (non-hydrogen) atoms. The molecule has 1 aliphatic carbocycles. The summed E-state index contributed by atoms with van der Waals surface area (Å²) in [5.41, 5.74) is 2.63. The molecular weight excluding hydrogens is 246 g/mol. The Morgan fingerprint density at radius 3 is 2.80 bits per heavy atom. The molecule has 0 aliphatic heterocycles. The topological polar surface area (TPSA) is 29.9 Å². The zero-order chi connectivity index (χ0) is 14.5. The SMILES string of the molecule is CCCNC1CCC(C)CC1Cc1cc(CC)nn1C. The van der Waals surface area contributed by atoms with E-state index < -0.39 is 0 Å². The second-order valence-corrected chi connectivity index (χ2v) is 6.55. The Morgan fingerprint density at radius 2 is 2.15 bits per heavy atom. The van der Waals surface area contributed by atoms with Crippen molar-refractivity contribution < 1.29 is 0 Å². The first kappa shape index (κ1) is 15.6. The molecule has 0 aromatic carbocycles. The molecule has 1 fully saturated rings. The van der Waals surface area contributed by atoms with Crippen molar-refractivity contribution in [3.63, 3.8) is 0 Å². The molecular formula is C17H31N3. The lowest BCUT2D eigenvalue weighted by Crippen LogP contribution is -2.41. The Labute approximate surface area is 124 Å². The molecule has 114 valence electrons. The van der Waals surface area contributed by atoms with Crippen molar-refractivity contribution in [3.05, 3.63) is 17.5 Å². The van der Waals surface area contributed by atoms with E-state index in [1.165, 1.54) is 43.5 Å². The maximum Gasteiger partial charge on any atom is 0.0624 e. The standard InChI is InChI=1S/C17H31N3/c1-5-9-18-17-8-7-13(3)10-14(17)11-16-12-15(6-2)19-20(16)4/h12-14,17-18H,5-11H2,1-4H3. The van der Waals surface area contributed by atoms with Crippen LogP contribution in [0.5, 0.6) is 0 Å². The van der Waals surface area contributed by atoms with Crippen LogP contribution in [-0.4, -0.2) is 22.4 Å². The first-order valence-electron chi connectivity index (χ1n) is 8.39. The molecule has 2 rings (SSSR count). The first-order valence-corrected chi connectivity index (χ1v) is 8.39. The molecule has 3 heteroatoms. The number of nitrogens with one attached hydrogen (secondary N) is 1. The number of hydrogen-bond donors (Lipinski definition) is 1. The van der Waals surface area contributed by atoms with Gasteiger partial charge in [-0.1, -0.05) is 20.8 Å². The summed E-state index contributed by atoms with van der Waals surface area (Å²) in [7, 11) is 2.09. The molecule has 0 radical (unpaired) electrons. The number of rotatable bonds is 6. The van der Waals surface area contributed by atoms with Gasteiger partial charge in [0.05, 0.1) is 5.69 Å². The smallest absolute Gasteiger partial charge is 0.0624 e. The average Bonchev–Trinajstić information content (AvgIpc) is 2.79. The van der Waals surface area contributed by atoms with Gasteiger partial charge in [-0.15, -0.1) is 0 Å². The lowest BCUT2D eigenvalue weighted by molar-refractivity contribution is 0.210. The van der Waals surface area contributed by atoms with Gasteiger partial charge in [-0.3, -0.25) is 4.68 Å². The highest BCUT2D eigenvalue weighted by Gasteiger charge is 2.29. The van der Waals surface area contributed by atoms with Crippen LogP contribution in [0.15, 0.2) is 6.07 Å². The van der Waals surface area contributed by atoms with E-state index in [1.54, 1.807) is 0 Å². The number of nitrogens with zero attached hydrogens (tertiary/aromatic N) is 2. The van der Waals surface area contributed by atoms with Crippen LogP contribution >= 0.6 is 0 Å². The van der Waals surface area contributed by atoms with E-state index in [2.05, 4.69) is 49.0 Å². The Balaban J connectivity index is 2.03. The van der Waals surface area contributed by atoms with Crippen molar-refractivity contribution in [2.45, 2.75) is 65.3 Å². The van der Waals surface area contributed by atoms with Gasteiger partial charge in [0.15, 0.2) is 0 Å². The highest BCUT2D eigenvalue weighted by molar-refractivity contribution is 5.11. The number of aryl methyl sites for hydroxylation is 2. The summed E-state index contributed by atoms with van der Waals surface area (Å²) in [6.07, 6.45) is 7.51.